The Hall–Kier alpha value is -1.96. The quantitative estimate of drug-likeness (QED) is 0.757. The Balaban J connectivity index is 2.10. The number of ketones is 1. The normalized spacial score (nSPS) is 28.4. The van der Waals surface area contributed by atoms with Gasteiger partial charge in [-0.1, -0.05) is 42.5 Å². The molecule has 1 spiro atoms. The zero-order chi connectivity index (χ0) is 13.3. The highest BCUT2D eigenvalue weighted by Crippen LogP contribution is 2.50. The third kappa shape index (κ3) is 1.97. The molecule has 0 aromatic heterocycles. The van der Waals surface area contributed by atoms with Crippen LogP contribution in [0, 0.1) is 5.41 Å². The third-order valence-electron chi connectivity index (χ3n) is 4.31. The summed E-state index contributed by atoms with van der Waals surface area (Å²) in [6.07, 6.45) is 10.8. The maximum atomic E-state index is 11.4. The molecule has 0 radical (unpaired) electrons. The summed E-state index contributed by atoms with van der Waals surface area (Å²) < 4.78 is 0. The van der Waals surface area contributed by atoms with E-state index in [-0.39, 0.29) is 17.1 Å². The van der Waals surface area contributed by atoms with Gasteiger partial charge in [0, 0.05) is 24.2 Å². The monoisotopic (exact) mass is 252 g/mol. The van der Waals surface area contributed by atoms with Crippen molar-refractivity contribution in [2.75, 3.05) is 0 Å². The van der Waals surface area contributed by atoms with Gasteiger partial charge in [0.25, 0.3) is 0 Å². The molecule has 0 amide bonds. The number of rotatable bonds is 2. The second kappa shape index (κ2) is 4.61. The SMILES string of the molecule is O=CC[C@@H]1c2ccccc2C=C[C@]12C=CC(=O)CC2. The van der Waals surface area contributed by atoms with Gasteiger partial charge in [0.05, 0.1) is 0 Å². The molecule has 19 heavy (non-hydrogen) atoms. The highest BCUT2D eigenvalue weighted by atomic mass is 16.1. The molecule has 0 unspecified atom stereocenters. The lowest BCUT2D eigenvalue weighted by atomic mass is 9.62. The summed E-state index contributed by atoms with van der Waals surface area (Å²) in [4.78, 5) is 22.5. The van der Waals surface area contributed by atoms with E-state index < -0.39 is 0 Å². The molecular weight excluding hydrogens is 236 g/mol. The molecule has 0 aliphatic heterocycles. The molecule has 3 rings (SSSR count). The topological polar surface area (TPSA) is 34.1 Å². The first-order valence-corrected chi connectivity index (χ1v) is 6.69. The summed E-state index contributed by atoms with van der Waals surface area (Å²) >= 11 is 0. The van der Waals surface area contributed by atoms with Crippen molar-refractivity contribution >= 4 is 18.1 Å². The molecule has 1 aromatic carbocycles. The molecule has 0 saturated heterocycles. The number of carbonyl (C=O) groups excluding carboxylic acids is 2. The number of hydrogen-bond donors (Lipinski definition) is 0. The van der Waals surface area contributed by atoms with Gasteiger partial charge in [-0.3, -0.25) is 4.79 Å². The highest BCUT2D eigenvalue weighted by Gasteiger charge is 2.39. The summed E-state index contributed by atoms with van der Waals surface area (Å²) in [5.74, 6) is 0.332. The average Bonchev–Trinajstić information content (AvgIpc) is 2.45. The van der Waals surface area contributed by atoms with Crippen molar-refractivity contribution in [2.45, 2.75) is 25.2 Å². The molecule has 0 N–H and O–H groups in total. The van der Waals surface area contributed by atoms with Gasteiger partial charge in [-0.25, -0.2) is 0 Å². The van der Waals surface area contributed by atoms with Crippen molar-refractivity contribution in [1.82, 2.24) is 0 Å². The first kappa shape index (κ1) is 12.1. The standard InChI is InChI=1S/C17H16O2/c18-12-8-16-15-4-2-1-3-13(15)5-9-17(16)10-6-14(19)7-11-17/h1-6,9-10,12,16H,7-8,11H2/t16-,17-/m1/s1. The van der Waals surface area contributed by atoms with Crippen LogP contribution in [0.25, 0.3) is 6.08 Å². The van der Waals surface area contributed by atoms with Crippen LogP contribution < -0.4 is 0 Å². The van der Waals surface area contributed by atoms with Crippen molar-refractivity contribution in [3.8, 4) is 0 Å². The van der Waals surface area contributed by atoms with Crippen molar-refractivity contribution in [1.29, 1.82) is 0 Å². The van der Waals surface area contributed by atoms with Crippen molar-refractivity contribution in [3.05, 3.63) is 53.6 Å². The van der Waals surface area contributed by atoms with Crippen LogP contribution in [0.1, 0.15) is 36.3 Å². The molecule has 2 aliphatic rings. The predicted octanol–water partition coefficient (Wildman–Crippen LogP) is 3.29. The maximum absolute atomic E-state index is 11.4. The Morgan fingerprint density at radius 3 is 2.74 bits per heavy atom. The Morgan fingerprint density at radius 1 is 1.21 bits per heavy atom. The van der Waals surface area contributed by atoms with E-state index in [1.807, 2.05) is 18.2 Å². The van der Waals surface area contributed by atoms with E-state index in [0.717, 1.165) is 12.7 Å². The Labute approximate surface area is 112 Å². The Morgan fingerprint density at radius 2 is 2.00 bits per heavy atom. The molecule has 0 fully saturated rings. The summed E-state index contributed by atoms with van der Waals surface area (Å²) in [6, 6.07) is 8.20. The van der Waals surface area contributed by atoms with Crippen molar-refractivity contribution < 1.29 is 9.59 Å². The fraction of sp³-hybridized carbons (Fsp3) is 0.294. The maximum Gasteiger partial charge on any atom is 0.155 e. The summed E-state index contributed by atoms with van der Waals surface area (Å²) in [7, 11) is 0. The van der Waals surface area contributed by atoms with Crippen molar-refractivity contribution in [3.63, 3.8) is 0 Å². The van der Waals surface area contributed by atoms with Crippen LogP contribution in [0.3, 0.4) is 0 Å². The van der Waals surface area contributed by atoms with Crippen molar-refractivity contribution in [2.24, 2.45) is 5.41 Å². The molecule has 1 aromatic rings. The van der Waals surface area contributed by atoms with Gasteiger partial charge in [-0.15, -0.1) is 0 Å². The fourth-order valence-electron chi connectivity index (χ4n) is 3.26. The van der Waals surface area contributed by atoms with Crippen LogP contribution in [-0.4, -0.2) is 12.1 Å². The molecule has 2 nitrogen and oxygen atoms in total. The molecule has 96 valence electrons. The Kier molecular flexibility index (Phi) is 2.94. The van der Waals surface area contributed by atoms with Gasteiger partial charge in [0.2, 0.25) is 0 Å². The average molecular weight is 252 g/mol. The molecule has 0 heterocycles. The van der Waals surface area contributed by atoms with Crippen LogP contribution >= 0.6 is 0 Å². The van der Waals surface area contributed by atoms with E-state index in [1.54, 1.807) is 6.08 Å². The molecular formula is C17H16O2. The van der Waals surface area contributed by atoms with Gasteiger partial charge >= 0.3 is 0 Å². The highest BCUT2D eigenvalue weighted by molar-refractivity contribution is 5.91. The summed E-state index contributed by atoms with van der Waals surface area (Å²) in [5.41, 5.74) is 2.24. The second-order valence-electron chi connectivity index (χ2n) is 5.33. The van der Waals surface area contributed by atoms with Crippen LogP contribution in [0.15, 0.2) is 42.5 Å². The van der Waals surface area contributed by atoms with E-state index in [4.69, 9.17) is 0 Å². The third-order valence-corrected chi connectivity index (χ3v) is 4.31. The summed E-state index contributed by atoms with van der Waals surface area (Å²) in [5, 5.41) is 0. The Bertz CT molecular complexity index is 583. The minimum atomic E-state index is -0.164. The first-order chi connectivity index (χ1) is 9.25. The minimum absolute atomic E-state index is 0.149. The van der Waals surface area contributed by atoms with E-state index >= 15 is 0 Å². The number of carbonyl (C=O) groups is 2. The predicted molar refractivity (Wildman–Crippen MR) is 74.7 cm³/mol. The van der Waals surface area contributed by atoms with E-state index in [2.05, 4.69) is 24.3 Å². The molecule has 0 bridgehead atoms. The van der Waals surface area contributed by atoms with Gasteiger partial charge < -0.3 is 4.79 Å². The molecule has 2 aliphatic carbocycles. The molecule has 0 saturated carbocycles. The number of fused-ring (bicyclic) bond motifs is 1. The first-order valence-electron chi connectivity index (χ1n) is 6.69. The van der Waals surface area contributed by atoms with E-state index in [1.165, 1.54) is 11.1 Å². The van der Waals surface area contributed by atoms with Gasteiger partial charge in [0.1, 0.15) is 6.29 Å². The fourth-order valence-corrected chi connectivity index (χ4v) is 3.26. The number of hydrogen-bond acceptors (Lipinski definition) is 2. The van der Waals surface area contributed by atoms with E-state index in [0.29, 0.717) is 12.8 Å². The molecule has 2 atom stereocenters. The van der Waals surface area contributed by atoms with Gasteiger partial charge in [-0.05, 0) is 23.6 Å². The van der Waals surface area contributed by atoms with Crippen LogP contribution in [0.4, 0.5) is 0 Å². The van der Waals surface area contributed by atoms with Gasteiger partial charge in [0.15, 0.2) is 5.78 Å². The van der Waals surface area contributed by atoms with Gasteiger partial charge in [-0.2, -0.15) is 0 Å². The number of aldehydes is 1. The lowest BCUT2D eigenvalue weighted by Crippen LogP contribution is -2.31. The molecule has 2 heteroatoms. The van der Waals surface area contributed by atoms with Crippen LogP contribution in [0.2, 0.25) is 0 Å². The second-order valence-corrected chi connectivity index (χ2v) is 5.33. The lowest BCUT2D eigenvalue weighted by molar-refractivity contribution is -0.115. The minimum Gasteiger partial charge on any atom is -0.303 e. The largest absolute Gasteiger partial charge is 0.303 e. The van der Waals surface area contributed by atoms with Crippen LogP contribution in [-0.2, 0) is 9.59 Å². The number of allylic oxidation sites excluding steroid dienone is 3. The lowest BCUT2D eigenvalue weighted by Gasteiger charge is -2.40. The van der Waals surface area contributed by atoms with E-state index in [9.17, 15) is 9.59 Å². The smallest absolute Gasteiger partial charge is 0.155 e. The van der Waals surface area contributed by atoms with Crippen LogP contribution in [0.5, 0.6) is 0 Å². The zero-order valence-corrected chi connectivity index (χ0v) is 10.7. The zero-order valence-electron chi connectivity index (χ0n) is 10.7. The summed E-state index contributed by atoms with van der Waals surface area (Å²) in [6.45, 7) is 0. The number of benzene rings is 1.